The lowest BCUT2D eigenvalue weighted by Crippen LogP contribution is -2.15. The summed E-state index contributed by atoms with van der Waals surface area (Å²) in [5.41, 5.74) is 0.864. The van der Waals surface area contributed by atoms with Crippen molar-refractivity contribution in [2.24, 2.45) is 0 Å². The molecule has 0 aliphatic carbocycles. The van der Waals surface area contributed by atoms with Crippen molar-refractivity contribution >= 4 is 33.5 Å². The summed E-state index contributed by atoms with van der Waals surface area (Å²) >= 11 is 3.08. The van der Waals surface area contributed by atoms with Gasteiger partial charge in [-0.25, -0.2) is 4.68 Å². The first-order valence-corrected chi connectivity index (χ1v) is 9.56. The first-order chi connectivity index (χ1) is 15.0. The third-order valence-electron chi connectivity index (χ3n) is 4.20. The van der Waals surface area contributed by atoms with Crippen LogP contribution in [0.4, 0.5) is 11.6 Å². The molecule has 0 saturated carbocycles. The zero-order chi connectivity index (χ0) is 22.0. The topological polar surface area (TPSA) is 145 Å². The average Bonchev–Trinajstić information content (AvgIpc) is 3.47. The molecule has 3 heterocycles. The van der Waals surface area contributed by atoms with Crippen LogP contribution in [0.25, 0.3) is 5.69 Å². The highest BCUT2D eigenvalue weighted by Gasteiger charge is 2.21. The van der Waals surface area contributed by atoms with Gasteiger partial charge in [0.2, 0.25) is 0 Å². The quantitative estimate of drug-likeness (QED) is 0.327. The van der Waals surface area contributed by atoms with E-state index in [4.69, 9.17) is 4.42 Å². The zero-order valence-electron chi connectivity index (χ0n) is 15.6. The second-order valence-corrected chi connectivity index (χ2v) is 7.10. The first kappa shape index (κ1) is 20.0. The summed E-state index contributed by atoms with van der Waals surface area (Å²) in [6.45, 7) is 0.0884. The Hall–Kier alpha value is -4.24. The molecule has 0 spiro atoms. The summed E-state index contributed by atoms with van der Waals surface area (Å²) < 4.78 is 8.56. The van der Waals surface area contributed by atoms with Crippen molar-refractivity contribution in [3.63, 3.8) is 0 Å². The molecular formula is C19H12BrN7O4. The molecular weight excluding hydrogens is 470 g/mol. The number of hydrogen-bond acceptors (Lipinski definition) is 7. The van der Waals surface area contributed by atoms with E-state index in [9.17, 15) is 20.2 Å². The van der Waals surface area contributed by atoms with E-state index in [2.05, 4.69) is 31.4 Å². The molecule has 0 atom stereocenters. The van der Waals surface area contributed by atoms with E-state index < -0.39 is 10.8 Å². The van der Waals surface area contributed by atoms with Gasteiger partial charge in [0.15, 0.2) is 11.6 Å². The minimum absolute atomic E-state index is 0.000392. The molecule has 1 N–H and O–H groups in total. The second kappa shape index (κ2) is 8.25. The van der Waals surface area contributed by atoms with Crippen LogP contribution in [0.2, 0.25) is 0 Å². The number of hydrogen-bond donors (Lipinski definition) is 1. The molecule has 0 saturated heterocycles. The molecule has 0 aliphatic heterocycles. The molecule has 0 fully saturated rings. The minimum Gasteiger partial charge on any atom is -0.454 e. The number of anilines is 1. The van der Waals surface area contributed by atoms with E-state index in [1.807, 2.05) is 24.3 Å². The monoisotopic (exact) mass is 481 g/mol. The van der Waals surface area contributed by atoms with Crippen LogP contribution in [-0.2, 0) is 6.54 Å². The van der Waals surface area contributed by atoms with Gasteiger partial charge in [-0.3, -0.25) is 4.79 Å². The summed E-state index contributed by atoms with van der Waals surface area (Å²) in [4.78, 5) is 23.0. The Balaban J connectivity index is 1.54. The van der Waals surface area contributed by atoms with E-state index in [1.165, 1.54) is 27.8 Å². The Morgan fingerprint density at radius 1 is 1.29 bits per heavy atom. The van der Waals surface area contributed by atoms with Crippen molar-refractivity contribution in [2.75, 3.05) is 5.32 Å². The fourth-order valence-corrected chi connectivity index (χ4v) is 3.28. The molecule has 4 rings (SSSR count). The summed E-state index contributed by atoms with van der Waals surface area (Å²) in [5.74, 6) is -0.313. The highest BCUT2D eigenvalue weighted by molar-refractivity contribution is 9.10. The highest BCUT2D eigenvalue weighted by Crippen LogP contribution is 2.24. The van der Waals surface area contributed by atoms with Crippen molar-refractivity contribution in [2.45, 2.75) is 6.54 Å². The van der Waals surface area contributed by atoms with Gasteiger partial charge in [-0.1, -0.05) is 18.2 Å². The molecule has 11 nitrogen and oxygen atoms in total. The van der Waals surface area contributed by atoms with E-state index in [1.54, 1.807) is 18.2 Å². The molecule has 0 aliphatic rings. The Kier molecular flexibility index (Phi) is 5.33. The lowest BCUT2D eigenvalue weighted by atomic mass is 10.3. The summed E-state index contributed by atoms with van der Waals surface area (Å²) in [6, 6.07) is 14.1. The van der Waals surface area contributed by atoms with Gasteiger partial charge in [-0.2, -0.15) is 15.0 Å². The largest absolute Gasteiger partial charge is 0.454 e. The van der Waals surface area contributed by atoms with Gasteiger partial charge in [0.25, 0.3) is 5.91 Å². The first-order valence-electron chi connectivity index (χ1n) is 8.77. The maximum Gasteiger partial charge on any atom is 0.404 e. The number of nitrogens with zero attached hydrogens (tertiary/aromatic N) is 6. The molecule has 1 amide bonds. The third kappa shape index (κ3) is 4.07. The van der Waals surface area contributed by atoms with Crippen molar-refractivity contribution in [3.05, 3.63) is 86.5 Å². The van der Waals surface area contributed by atoms with Crippen LogP contribution in [0.3, 0.4) is 0 Å². The van der Waals surface area contributed by atoms with Crippen molar-refractivity contribution in [1.29, 1.82) is 5.26 Å². The molecule has 0 bridgehead atoms. The summed E-state index contributed by atoms with van der Waals surface area (Å²) in [6.07, 6.45) is 2.80. The van der Waals surface area contributed by atoms with Crippen LogP contribution in [0.5, 0.6) is 0 Å². The van der Waals surface area contributed by atoms with Gasteiger partial charge in [0, 0.05) is 0 Å². The van der Waals surface area contributed by atoms with Crippen LogP contribution in [0.1, 0.15) is 21.9 Å². The summed E-state index contributed by atoms with van der Waals surface area (Å²) in [5, 5.41) is 30.9. The minimum atomic E-state index is -0.607. The molecule has 0 radical (unpaired) electrons. The number of carbonyl (C=O) groups is 1. The van der Waals surface area contributed by atoms with Crippen LogP contribution < -0.4 is 5.32 Å². The molecule has 1 aromatic carbocycles. The van der Waals surface area contributed by atoms with E-state index >= 15 is 0 Å². The SMILES string of the molecule is N#Cc1cnn(-c2ccccc2)c1NC(=O)c1ccc(Cn2cc(Br)c([N+](=O)[O-])n2)o1. The van der Waals surface area contributed by atoms with Gasteiger partial charge in [0.1, 0.15) is 28.4 Å². The second-order valence-electron chi connectivity index (χ2n) is 6.24. The van der Waals surface area contributed by atoms with E-state index in [-0.39, 0.29) is 34.0 Å². The number of nitriles is 1. The standard InChI is InChI=1S/C19H12BrN7O4/c20-15-11-25(24-18(15)27(29)30)10-14-6-7-16(31-14)19(28)23-17-12(8-21)9-22-26(17)13-4-2-1-3-5-13/h1-7,9,11H,10H2,(H,23,28). The fourth-order valence-electron chi connectivity index (χ4n) is 2.82. The maximum atomic E-state index is 12.7. The predicted molar refractivity (Wildman–Crippen MR) is 111 cm³/mol. The van der Waals surface area contributed by atoms with Gasteiger partial charge < -0.3 is 19.8 Å². The van der Waals surface area contributed by atoms with E-state index in [0.717, 1.165) is 0 Å². The van der Waals surface area contributed by atoms with Crippen LogP contribution >= 0.6 is 15.9 Å². The normalized spacial score (nSPS) is 10.6. The Morgan fingerprint density at radius 2 is 2.06 bits per heavy atom. The smallest absolute Gasteiger partial charge is 0.404 e. The van der Waals surface area contributed by atoms with Crippen LogP contribution in [0, 0.1) is 21.4 Å². The lowest BCUT2D eigenvalue weighted by Gasteiger charge is -2.08. The van der Waals surface area contributed by atoms with Gasteiger partial charge in [-0.05, 0) is 45.1 Å². The van der Waals surface area contributed by atoms with Crippen molar-refractivity contribution in [1.82, 2.24) is 19.6 Å². The van der Waals surface area contributed by atoms with Gasteiger partial charge >= 0.3 is 5.82 Å². The average molecular weight is 482 g/mol. The third-order valence-corrected chi connectivity index (χ3v) is 4.76. The van der Waals surface area contributed by atoms with Crippen LogP contribution in [-0.4, -0.2) is 30.4 Å². The lowest BCUT2D eigenvalue weighted by molar-refractivity contribution is -0.390. The Morgan fingerprint density at radius 3 is 2.74 bits per heavy atom. The number of aromatic nitrogens is 4. The number of nitrogens with one attached hydrogen (secondary N) is 1. The number of para-hydroxylation sites is 1. The van der Waals surface area contributed by atoms with Crippen molar-refractivity contribution < 1.29 is 14.1 Å². The van der Waals surface area contributed by atoms with Crippen LogP contribution in [0.15, 0.2) is 63.7 Å². The molecule has 12 heteroatoms. The molecule has 3 aromatic heterocycles. The Labute approximate surface area is 182 Å². The maximum absolute atomic E-state index is 12.7. The number of rotatable bonds is 6. The zero-order valence-corrected chi connectivity index (χ0v) is 17.2. The van der Waals surface area contributed by atoms with E-state index in [0.29, 0.717) is 11.4 Å². The van der Waals surface area contributed by atoms with Crippen molar-refractivity contribution in [3.8, 4) is 11.8 Å². The number of amides is 1. The predicted octanol–water partition coefficient (Wildman–Crippen LogP) is 3.50. The number of nitro groups is 1. The molecule has 4 aromatic rings. The van der Waals surface area contributed by atoms with Gasteiger partial charge in [-0.15, -0.1) is 0 Å². The number of halogens is 1. The number of benzene rings is 1. The molecule has 154 valence electrons. The Bertz CT molecular complexity index is 1320. The number of furan rings is 1. The summed E-state index contributed by atoms with van der Waals surface area (Å²) in [7, 11) is 0. The molecule has 31 heavy (non-hydrogen) atoms. The molecule has 0 unspecified atom stereocenters. The number of carbonyl (C=O) groups excluding carboxylic acids is 1. The van der Waals surface area contributed by atoms with Gasteiger partial charge in [0.05, 0.1) is 23.2 Å². The fraction of sp³-hybridized carbons (Fsp3) is 0.0526. The highest BCUT2D eigenvalue weighted by atomic mass is 79.9.